The summed E-state index contributed by atoms with van der Waals surface area (Å²) in [5.41, 5.74) is 11.0. The first-order valence-corrected chi connectivity index (χ1v) is 7.43. The highest BCUT2D eigenvalue weighted by Crippen LogP contribution is 2.23. The Bertz CT molecular complexity index is 545. The highest BCUT2D eigenvalue weighted by Gasteiger charge is 2.16. The molecule has 0 saturated carbocycles. The summed E-state index contributed by atoms with van der Waals surface area (Å²) in [5, 5.41) is 0. The van der Waals surface area contributed by atoms with Gasteiger partial charge in [0, 0.05) is 23.1 Å². The molecule has 0 aliphatic carbocycles. The number of halogens is 1. The van der Waals surface area contributed by atoms with Crippen molar-refractivity contribution in [3.8, 4) is 0 Å². The van der Waals surface area contributed by atoms with Gasteiger partial charge in [-0.2, -0.15) is 0 Å². The van der Waals surface area contributed by atoms with Crippen molar-refractivity contribution in [2.24, 2.45) is 5.73 Å². The molecule has 5 N–H and O–H groups in total. The number of carbonyl (C=O) groups is 1. The van der Waals surface area contributed by atoms with Crippen LogP contribution in [0, 0.1) is 0 Å². The highest BCUT2D eigenvalue weighted by atomic mass is 79.9. The van der Waals surface area contributed by atoms with E-state index < -0.39 is 15.9 Å². The van der Waals surface area contributed by atoms with Crippen molar-refractivity contribution in [3.05, 3.63) is 22.7 Å². The lowest BCUT2D eigenvalue weighted by Gasteiger charge is -2.08. The number of nitrogens with one attached hydrogen (secondary N) is 1. The Labute approximate surface area is 114 Å². The van der Waals surface area contributed by atoms with Crippen LogP contribution in [0.25, 0.3) is 0 Å². The topological polar surface area (TPSA) is 115 Å². The van der Waals surface area contributed by atoms with Gasteiger partial charge in [-0.15, -0.1) is 0 Å². The number of sulfonamides is 1. The van der Waals surface area contributed by atoms with Gasteiger partial charge < -0.3 is 11.5 Å². The fourth-order valence-electron chi connectivity index (χ4n) is 1.28. The molecule has 6 nitrogen and oxygen atoms in total. The predicted molar refractivity (Wildman–Crippen MR) is 72.2 cm³/mol. The molecule has 0 saturated heterocycles. The van der Waals surface area contributed by atoms with Crippen molar-refractivity contribution in [2.75, 3.05) is 12.3 Å². The minimum atomic E-state index is -3.61. The first kappa shape index (κ1) is 14.9. The first-order chi connectivity index (χ1) is 8.33. The third-order valence-electron chi connectivity index (χ3n) is 2.14. The van der Waals surface area contributed by atoms with Crippen LogP contribution in [-0.4, -0.2) is 20.9 Å². The molecule has 18 heavy (non-hydrogen) atoms. The molecule has 0 aliphatic rings. The van der Waals surface area contributed by atoms with Gasteiger partial charge >= 0.3 is 0 Å². The molecule has 0 heterocycles. The van der Waals surface area contributed by atoms with Crippen LogP contribution in [0.4, 0.5) is 5.69 Å². The van der Waals surface area contributed by atoms with Crippen LogP contribution >= 0.6 is 15.9 Å². The summed E-state index contributed by atoms with van der Waals surface area (Å²) in [6.07, 6.45) is 0.507. The van der Waals surface area contributed by atoms with Crippen LogP contribution in [0.1, 0.15) is 12.8 Å². The summed E-state index contributed by atoms with van der Waals surface area (Å²) < 4.78 is 26.6. The van der Waals surface area contributed by atoms with E-state index in [9.17, 15) is 13.2 Å². The standard InChI is InChI=1S/C10H14BrN3O3S/c11-8-6-7(12)3-4-9(8)18(16,17)14-5-1-2-10(13)15/h3-4,6,14H,1-2,5,12H2,(H2,13,15). The van der Waals surface area contributed by atoms with Gasteiger partial charge in [-0.05, 0) is 40.5 Å². The largest absolute Gasteiger partial charge is 0.399 e. The number of anilines is 1. The third kappa shape index (κ3) is 4.28. The van der Waals surface area contributed by atoms with E-state index in [2.05, 4.69) is 20.7 Å². The maximum absolute atomic E-state index is 11.9. The number of nitrogen functional groups attached to an aromatic ring is 1. The lowest BCUT2D eigenvalue weighted by atomic mass is 10.3. The van der Waals surface area contributed by atoms with Gasteiger partial charge in [-0.25, -0.2) is 13.1 Å². The molecule has 0 fully saturated rings. The van der Waals surface area contributed by atoms with Crippen molar-refractivity contribution >= 4 is 37.5 Å². The Morgan fingerprint density at radius 3 is 2.61 bits per heavy atom. The SMILES string of the molecule is NC(=O)CCCNS(=O)(=O)c1ccc(N)cc1Br. The van der Waals surface area contributed by atoms with Crippen LogP contribution in [0.15, 0.2) is 27.6 Å². The third-order valence-corrected chi connectivity index (χ3v) is 4.58. The minimum absolute atomic E-state index is 0.107. The van der Waals surface area contributed by atoms with E-state index in [0.29, 0.717) is 16.6 Å². The zero-order valence-electron chi connectivity index (χ0n) is 9.52. The number of amides is 1. The molecule has 0 radical (unpaired) electrons. The lowest BCUT2D eigenvalue weighted by Crippen LogP contribution is -2.26. The number of benzene rings is 1. The molecular weight excluding hydrogens is 322 g/mol. The fourth-order valence-corrected chi connectivity index (χ4v) is 3.45. The van der Waals surface area contributed by atoms with Crippen LogP contribution in [0.2, 0.25) is 0 Å². The van der Waals surface area contributed by atoms with E-state index in [1.807, 2.05) is 0 Å². The second-order valence-electron chi connectivity index (χ2n) is 3.66. The average molecular weight is 336 g/mol. The van der Waals surface area contributed by atoms with E-state index in [-0.39, 0.29) is 17.9 Å². The highest BCUT2D eigenvalue weighted by molar-refractivity contribution is 9.10. The number of carbonyl (C=O) groups excluding carboxylic acids is 1. The summed E-state index contributed by atoms with van der Waals surface area (Å²) >= 11 is 3.14. The summed E-state index contributed by atoms with van der Waals surface area (Å²) in [6, 6.07) is 4.43. The summed E-state index contributed by atoms with van der Waals surface area (Å²) in [7, 11) is -3.61. The van der Waals surface area contributed by atoms with Crippen LogP contribution < -0.4 is 16.2 Å². The molecule has 0 atom stereocenters. The number of nitrogens with two attached hydrogens (primary N) is 2. The number of primary amides is 1. The molecule has 0 unspecified atom stereocenters. The quantitative estimate of drug-likeness (QED) is 0.520. The first-order valence-electron chi connectivity index (χ1n) is 5.16. The van der Waals surface area contributed by atoms with Crippen molar-refractivity contribution < 1.29 is 13.2 Å². The Morgan fingerprint density at radius 2 is 2.06 bits per heavy atom. The molecular formula is C10H14BrN3O3S. The number of rotatable bonds is 6. The summed E-state index contributed by atoms with van der Waals surface area (Å²) in [6.45, 7) is 0.155. The number of hydrogen-bond donors (Lipinski definition) is 3. The van der Waals surface area contributed by atoms with Gasteiger partial charge in [0.1, 0.15) is 0 Å². The summed E-state index contributed by atoms with van der Waals surface area (Å²) in [4.78, 5) is 10.6. The van der Waals surface area contributed by atoms with Crippen molar-refractivity contribution in [1.29, 1.82) is 0 Å². The molecule has 0 aliphatic heterocycles. The van der Waals surface area contributed by atoms with Gasteiger partial charge in [0.05, 0.1) is 4.90 Å². The molecule has 0 spiro atoms. The van der Waals surface area contributed by atoms with Gasteiger partial charge in [0.25, 0.3) is 0 Å². The Hall–Kier alpha value is -1.12. The van der Waals surface area contributed by atoms with Crippen molar-refractivity contribution in [3.63, 3.8) is 0 Å². The minimum Gasteiger partial charge on any atom is -0.399 e. The molecule has 8 heteroatoms. The molecule has 0 bridgehead atoms. The van der Waals surface area contributed by atoms with E-state index in [0.717, 1.165) is 0 Å². The van der Waals surface area contributed by atoms with Crippen LogP contribution in [0.3, 0.4) is 0 Å². The van der Waals surface area contributed by atoms with Crippen LogP contribution in [0.5, 0.6) is 0 Å². The molecule has 0 aromatic heterocycles. The van der Waals surface area contributed by atoms with Crippen molar-refractivity contribution in [1.82, 2.24) is 4.72 Å². The number of hydrogen-bond acceptors (Lipinski definition) is 4. The molecule has 1 rings (SSSR count). The van der Waals surface area contributed by atoms with Gasteiger partial charge in [-0.3, -0.25) is 4.79 Å². The zero-order chi connectivity index (χ0) is 13.8. The van der Waals surface area contributed by atoms with Crippen LogP contribution in [-0.2, 0) is 14.8 Å². The maximum atomic E-state index is 11.9. The Balaban J connectivity index is 2.71. The second-order valence-corrected chi connectivity index (χ2v) is 6.25. The molecule has 100 valence electrons. The van der Waals surface area contributed by atoms with Gasteiger partial charge in [0.15, 0.2) is 0 Å². The van der Waals surface area contributed by atoms with E-state index in [1.54, 1.807) is 0 Å². The fraction of sp³-hybridized carbons (Fsp3) is 0.300. The average Bonchev–Trinajstić information content (AvgIpc) is 2.23. The molecule has 1 aromatic rings. The van der Waals surface area contributed by atoms with E-state index in [1.165, 1.54) is 18.2 Å². The Kier molecular flexibility index (Phi) is 5.12. The van der Waals surface area contributed by atoms with E-state index in [4.69, 9.17) is 11.5 Å². The zero-order valence-corrected chi connectivity index (χ0v) is 11.9. The van der Waals surface area contributed by atoms with Gasteiger partial charge in [-0.1, -0.05) is 0 Å². The smallest absolute Gasteiger partial charge is 0.241 e. The molecule has 1 amide bonds. The Morgan fingerprint density at radius 1 is 1.39 bits per heavy atom. The normalized spacial score (nSPS) is 11.4. The van der Waals surface area contributed by atoms with Gasteiger partial charge in [0.2, 0.25) is 15.9 Å². The monoisotopic (exact) mass is 335 g/mol. The van der Waals surface area contributed by atoms with E-state index >= 15 is 0 Å². The second kappa shape index (κ2) is 6.17. The summed E-state index contributed by atoms with van der Waals surface area (Å²) in [5.74, 6) is -0.456. The lowest BCUT2D eigenvalue weighted by molar-refractivity contribution is -0.118. The maximum Gasteiger partial charge on any atom is 0.241 e. The van der Waals surface area contributed by atoms with Crippen molar-refractivity contribution in [2.45, 2.75) is 17.7 Å². The predicted octanol–water partition coefficient (Wildman–Crippen LogP) is 0.575. The molecule has 1 aromatic carbocycles.